The van der Waals surface area contributed by atoms with Gasteiger partial charge in [0.05, 0.1) is 0 Å². The van der Waals surface area contributed by atoms with Gasteiger partial charge in [-0.05, 0) is 19.8 Å². The molecule has 0 radical (unpaired) electrons. The van der Waals surface area contributed by atoms with E-state index in [0.29, 0.717) is 30.3 Å². The van der Waals surface area contributed by atoms with Gasteiger partial charge in [0.15, 0.2) is 11.8 Å². The second-order valence-corrected chi connectivity index (χ2v) is 4.06. The molecule has 0 bridgehead atoms. The number of nitrogens with one attached hydrogen (secondary N) is 1. The molecule has 1 fully saturated rings. The van der Waals surface area contributed by atoms with Crippen molar-refractivity contribution in [3.8, 4) is 0 Å². The van der Waals surface area contributed by atoms with Crippen molar-refractivity contribution in [1.82, 2.24) is 15.5 Å². The minimum absolute atomic E-state index is 0. The van der Waals surface area contributed by atoms with Crippen LogP contribution in [0, 0.1) is 6.92 Å². The Morgan fingerprint density at radius 3 is 2.82 bits per heavy atom. The quantitative estimate of drug-likeness (QED) is 0.487. The maximum atomic E-state index is 5.76. The first-order valence-electron chi connectivity index (χ1n) is 5.59. The zero-order chi connectivity index (χ0) is 11.4. The maximum absolute atomic E-state index is 5.76. The van der Waals surface area contributed by atoms with Crippen molar-refractivity contribution >= 4 is 29.9 Å². The standard InChI is InChI=1S/C10H17N5O.HI/c1-7-13-9(16-15-7)6-12-10(11)14-8-4-2-3-5-8;/h8H,2-6H2,1H3,(H3,11,12,14);1H. The van der Waals surface area contributed by atoms with Crippen LogP contribution in [0.3, 0.4) is 0 Å². The molecular weight excluding hydrogens is 333 g/mol. The smallest absolute Gasteiger partial charge is 0.248 e. The summed E-state index contributed by atoms with van der Waals surface area (Å²) in [7, 11) is 0. The highest BCUT2D eigenvalue weighted by Gasteiger charge is 2.14. The molecule has 1 aliphatic rings. The second-order valence-electron chi connectivity index (χ2n) is 4.06. The lowest BCUT2D eigenvalue weighted by Gasteiger charge is -2.11. The topological polar surface area (TPSA) is 89.3 Å². The van der Waals surface area contributed by atoms with Gasteiger partial charge in [-0.25, -0.2) is 4.99 Å². The van der Waals surface area contributed by atoms with Crippen molar-refractivity contribution in [2.75, 3.05) is 0 Å². The fraction of sp³-hybridized carbons (Fsp3) is 0.700. The van der Waals surface area contributed by atoms with E-state index < -0.39 is 0 Å². The van der Waals surface area contributed by atoms with Crippen molar-refractivity contribution in [1.29, 1.82) is 0 Å². The van der Waals surface area contributed by atoms with Crippen LogP contribution in [0.5, 0.6) is 0 Å². The first-order valence-corrected chi connectivity index (χ1v) is 5.59. The number of guanidine groups is 1. The molecule has 0 spiro atoms. The summed E-state index contributed by atoms with van der Waals surface area (Å²) in [6, 6.07) is 0.480. The number of hydrogen-bond donors (Lipinski definition) is 2. The molecule has 7 heteroatoms. The number of aromatic nitrogens is 2. The van der Waals surface area contributed by atoms with E-state index in [4.69, 9.17) is 10.3 Å². The molecule has 1 aromatic heterocycles. The Labute approximate surface area is 117 Å². The molecule has 3 N–H and O–H groups in total. The Kier molecular flexibility index (Phi) is 5.66. The highest BCUT2D eigenvalue weighted by Crippen LogP contribution is 2.17. The average molecular weight is 351 g/mol. The van der Waals surface area contributed by atoms with Crippen LogP contribution >= 0.6 is 24.0 Å². The summed E-state index contributed by atoms with van der Waals surface area (Å²) in [5.74, 6) is 1.57. The van der Waals surface area contributed by atoms with Crippen LogP contribution < -0.4 is 11.1 Å². The van der Waals surface area contributed by atoms with Crippen LogP contribution in [0.4, 0.5) is 0 Å². The van der Waals surface area contributed by atoms with Gasteiger partial charge < -0.3 is 15.6 Å². The molecule has 0 amide bonds. The first kappa shape index (κ1) is 14.2. The largest absolute Gasteiger partial charge is 0.370 e. The summed E-state index contributed by atoms with van der Waals surface area (Å²) >= 11 is 0. The summed E-state index contributed by atoms with van der Waals surface area (Å²) in [6.45, 7) is 2.11. The van der Waals surface area contributed by atoms with Gasteiger partial charge in [-0.3, -0.25) is 0 Å². The lowest BCUT2D eigenvalue weighted by molar-refractivity contribution is 0.376. The summed E-state index contributed by atoms with van der Waals surface area (Å²) in [5.41, 5.74) is 5.76. The molecule has 17 heavy (non-hydrogen) atoms. The van der Waals surface area contributed by atoms with E-state index in [9.17, 15) is 0 Å². The molecule has 1 aromatic rings. The fourth-order valence-corrected chi connectivity index (χ4v) is 1.88. The van der Waals surface area contributed by atoms with Gasteiger partial charge in [0.1, 0.15) is 6.54 Å². The zero-order valence-corrected chi connectivity index (χ0v) is 12.2. The Balaban J connectivity index is 0.00000144. The summed E-state index contributed by atoms with van der Waals surface area (Å²) < 4.78 is 4.93. The van der Waals surface area contributed by atoms with Gasteiger partial charge in [0.2, 0.25) is 5.89 Å². The van der Waals surface area contributed by atoms with Gasteiger partial charge in [-0.1, -0.05) is 18.0 Å². The summed E-state index contributed by atoms with van der Waals surface area (Å²) in [6.07, 6.45) is 4.90. The van der Waals surface area contributed by atoms with Gasteiger partial charge in [-0.15, -0.1) is 24.0 Å². The van der Waals surface area contributed by atoms with E-state index in [-0.39, 0.29) is 24.0 Å². The SMILES string of the molecule is Cc1noc(CN=C(N)NC2CCCC2)n1.I. The number of nitrogens with two attached hydrogens (primary N) is 1. The van der Waals surface area contributed by atoms with Gasteiger partial charge >= 0.3 is 0 Å². The number of hydrogen-bond acceptors (Lipinski definition) is 4. The fourth-order valence-electron chi connectivity index (χ4n) is 1.88. The predicted molar refractivity (Wildman–Crippen MR) is 75.2 cm³/mol. The molecule has 0 aromatic carbocycles. The third kappa shape index (κ3) is 4.49. The normalized spacial score (nSPS) is 16.9. The van der Waals surface area contributed by atoms with Gasteiger partial charge in [-0.2, -0.15) is 4.98 Å². The monoisotopic (exact) mass is 351 g/mol. The molecule has 6 nitrogen and oxygen atoms in total. The van der Waals surface area contributed by atoms with Gasteiger partial charge in [0, 0.05) is 6.04 Å². The first-order chi connectivity index (χ1) is 7.74. The third-order valence-electron chi connectivity index (χ3n) is 2.66. The molecule has 0 aliphatic heterocycles. The van der Waals surface area contributed by atoms with E-state index in [1.807, 2.05) is 0 Å². The number of nitrogens with zero attached hydrogens (tertiary/aromatic N) is 3. The highest BCUT2D eigenvalue weighted by atomic mass is 127. The zero-order valence-electron chi connectivity index (χ0n) is 9.85. The molecule has 1 aliphatic carbocycles. The van der Waals surface area contributed by atoms with Crippen molar-refractivity contribution in [2.24, 2.45) is 10.7 Å². The average Bonchev–Trinajstić information content (AvgIpc) is 2.87. The van der Waals surface area contributed by atoms with E-state index in [2.05, 4.69) is 20.4 Å². The van der Waals surface area contributed by atoms with Crippen molar-refractivity contribution in [2.45, 2.75) is 45.2 Å². The Morgan fingerprint density at radius 1 is 1.53 bits per heavy atom. The lowest BCUT2D eigenvalue weighted by Crippen LogP contribution is -2.38. The lowest BCUT2D eigenvalue weighted by atomic mass is 10.2. The van der Waals surface area contributed by atoms with Crippen LogP contribution in [0.25, 0.3) is 0 Å². The van der Waals surface area contributed by atoms with Crippen LogP contribution in [-0.4, -0.2) is 22.1 Å². The van der Waals surface area contributed by atoms with E-state index in [0.717, 1.165) is 0 Å². The van der Waals surface area contributed by atoms with Crippen molar-refractivity contribution in [3.05, 3.63) is 11.7 Å². The summed E-state index contributed by atoms with van der Waals surface area (Å²) in [4.78, 5) is 8.20. The van der Waals surface area contributed by atoms with Crippen LogP contribution in [-0.2, 0) is 6.54 Å². The van der Waals surface area contributed by atoms with Crippen molar-refractivity contribution in [3.63, 3.8) is 0 Å². The molecule has 1 heterocycles. The van der Waals surface area contributed by atoms with Crippen LogP contribution in [0.15, 0.2) is 9.52 Å². The number of rotatable bonds is 3. The minimum atomic E-state index is 0. The maximum Gasteiger partial charge on any atom is 0.248 e. The molecular formula is C10H18IN5O. The van der Waals surface area contributed by atoms with E-state index >= 15 is 0 Å². The third-order valence-corrected chi connectivity index (χ3v) is 2.66. The Hall–Kier alpha value is -0.860. The molecule has 0 saturated heterocycles. The predicted octanol–water partition coefficient (Wildman–Crippen LogP) is 1.34. The highest BCUT2D eigenvalue weighted by molar-refractivity contribution is 14.0. The van der Waals surface area contributed by atoms with E-state index in [1.165, 1.54) is 25.7 Å². The molecule has 0 unspecified atom stereocenters. The summed E-state index contributed by atoms with van der Waals surface area (Å²) in [5, 5.41) is 6.88. The minimum Gasteiger partial charge on any atom is -0.370 e. The molecule has 2 rings (SSSR count). The number of halogens is 1. The second kappa shape index (κ2) is 6.77. The van der Waals surface area contributed by atoms with Crippen LogP contribution in [0.1, 0.15) is 37.4 Å². The van der Waals surface area contributed by atoms with Gasteiger partial charge in [0.25, 0.3) is 0 Å². The van der Waals surface area contributed by atoms with Crippen LogP contribution in [0.2, 0.25) is 0 Å². The Bertz CT molecular complexity index is 373. The molecule has 0 atom stereocenters. The number of aryl methyl sites for hydroxylation is 1. The number of aliphatic imine (C=N–C) groups is 1. The Morgan fingerprint density at radius 2 is 2.24 bits per heavy atom. The van der Waals surface area contributed by atoms with E-state index in [1.54, 1.807) is 6.92 Å². The molecule has 96 valence electrons. The molecule has 1 saturated carbocycles. The van der Waals surface area contributed by atoms with Crippen molar-refractivity contribution < 1.29 is 4.52 Å².